The number of pyridine rings is 1. The fraction of sp³-hybridized carbons (Fsp3) is 0.611. The van der Waals surface area contributed by atoms with Gasteiger partial charge in [0.1, 0.15) is 5.54 Å². The van der Waals surface area contributed by atoms with E-state index in [0.29, 0.717) is 0 Å². The summed E-state index contributed by atoms with van der Waals surface area (Å²) in [6.07, 6.45) is 1.74. The van der Waals surface area contributed by atoms with Crippen LogP contribution in [0.1, 0.15) is 37.2 Å². The zero-order valence-corrected chi connectivity index (χ0v) is 15.6. The SMILES string of the molecule is CCC(CC)(NC(=O)c1ncccc1N1CC(F)(F)C1)C(=O)N1CC(F)(F)C1. The second kappa shape index (κ2) is 6.89. The molecule has 28 heavy (non-hydrogen) atoms. The Bertz CT molecular complexity index is 767. The van der Waals surface area contributed by atoms with Crippen LogP contribution in [0, 0.1) is 0 Å². The van der Waals surface area contributed by atoms with Gasteiger partial charge in [-0.3, -0.25) is 9.59 Å². The lowest BCUT2D eigenvalue weighted by atomic mass is 9.89. The number of anilines is 1. The molecule has 0 spiro atoms. The number of rotatable bonds is 6. The van der Waals surface area contributed by atoms with Crippen LogP contribution in [0.5, 0.6) is 0 Å². The number of nitrogens with one attached hydrogen (secondary N) is 1. The van der Waals surface area contributed by atoms with E-state index in [2.05, 4.69) is 10.3 Å². The van der Waals surface area contributed by atoms with E-state index in [9.17, 15) is 27.2 Å². The van der Waals surface area contributed by atoms with Gasteiger partial charge in [0.05, 0.1) is 31.9 Å². The van der Waals surface area contributed by atoms with Crippen molar-refractivity contribution in [3.05, 3.63) is 24.0 Å². The monoisotopic (exact) mass is 402 g/mol. The number of hydrogen-bond acceptors (Lipinski definition) is 4. The van der Waals surface area contributed by atoms with Crippen LogP contribution in [0.4, 0.5) is 23.2 Å². The minimum atomic E-state index is -2.91. The van der Waals surface area contributed by atoms with Gasteiger partial charge >= 0.3 is 0 Å². The highest BCUT2D eigenvalue weighted by atomic mass is 19.3. The standard InChI is InChI=1S/C18H22F4N4O2/c1-3-16(4-2,15(28)26-10-18(21,22)11-26)24-14(27)13-12(6-5-7-23-13)25-8-17(19,20)9-25/h5-7H,3-4,8-11H2,1-2H3,(H,24,27). The summed E-state index contributed by atoms with van der Waals surface area (Å²) in [7, 11) is 0. The molecule has 0 saturated carbocycles. The summed E-state index contributed by atoms with van der Waals surface area (Å²) in [4.78, 5) is 32.0. The van der Waals surface area contributed by atoms with Gasteiger partial charge in [-0.2, -0.15) is 0 Å². The zero-order chi connectivity index (χ0) is 20.7. The van der Waals surface area contributed by atoms with Gasteiger partial charge in [-0.25, -0.2) is 22.5 Å². The molecule has 0 bridgehead atoms. The molecule has 6 nitrogen and oxygen atoms in total. The molecule has 10 heteroatoms. The Morgan fingerprint density at radius 3 is 2.18 bits per heavy atom. The Hall–Kier alpha value is -2.39. The lowest BCUT2D eigenvalue weighted by Crippen LogP contribution is -2.67. The van der Waals surface area contributed by atoms with E-state index in [1.54, 1.807) is 13.8 Å². The molecule has 0 atom stereocenters. The maximum atomic E-state index is 13.2. The third kappa shape index (κ3) is 3.64. The molecule has 2 amide bonds. The van der Waals surface area contributed by atoms with Crippen molar-refractivity contribution in [3.8, 4) is 0 Å². The third-order valence-electron chi connectivity index (χ3n) is 5.29. The minimum absolute atomic E-state index is 0.0778. The number of alkyl halides is 4. The number of carbonyl (C=O) groups is 2. The van der Waals surface area contributed by atoms with Crippen LogP contribution in [-0.4, -0.2) is 65.3 Å². The van der Waals surface area contributed by atoms with Gasteiger partial charge < -0.3 is 15.1 Å². The molecule has 2 fully saturated rings. The molecule has 3 rings (SSSR count). The van der Waals surface area contributed by atoms with Crippen molar-refractivity contribution < 1.29 is 27.2 Å². The molecule has 2 aliphatic heterocycles. The van der Waals surface area contributed by atoms with Crippen LogP contribution in [-0.2, 0) is 4.79 Å². The Kier molecular flexibility index (Phi) is 5.01. The van der Waals surface area contributed by atoms with E-state index >= 15 is 0 Å². The topological polar surface area (TPSA) is 65.5 Å². The average Bonchev–Trinajstić information content (AvgIpc) is 2.61. The summed E-state index contributed by atoms with van der Waals surface area (Å²) in [6, 6.07) is 3.04. The maximum Gasteiger partial charge on any atom is 0.282 e. The first-order valence-electron chi connectivity index (χ1n) is 9.10. The number of halogens is 4. The van der Waals surface area contributed by atoms with Crippen LogP contribution < -0.4 is 10.2 Å². The highest BCUT2D eigenvalue weighted by Gasteiger charge is 2.52. The number of hydrogen-bond donors (Lipinski definition) is 1. The second-order valence-electron chi connectivity index (χ2n) is 7.34. The average molecular weight is 402 g/mol. The van der Waals surface area contributed by atoms with Gasteiger partial charge in [0, 0.05) is 6.20 Å². The van der Waals surface area contributed by atoms with Gasteiger partial charge in [-0.15, -0.1) is 0 Å². The summed E-state index contributed by atoms with van der Waals surface area (Å²) >= 11 is 0. The van der Waals surface area contributed by atoms with Crippen molar-refractivity contribution in [3.63, 3.8) is 0 Å². The highest BCUT2D eigenvalue weighted by molar-refractivity contribution is 6.01. The van der Waals surface area contributed by atoms with Crippen molar-refractivity contribution in [1.82, 2.24) is 15.2 Å². The molecule has 1 aromatic rings. The molecule has 0 radical (unpaired) electrons. The molecule has 0 aliphatic carbocycles. The first kappa shape index (κ1) is 20.3. The summed E-state index contributed by atoms with van der Waals surface area (Å²) in [5.74, 6) is -7.01. The quantitative estimate of drug-likeness (QED) is 0.742. The van der Waals surface area contributed by atoms with Crippen LogP contribution >= 0.6 is 0 Å². The lowest BCUT2D eigenvalue weighted by molar-refractivity contribution is -0.172. The van der Waals surface area contributed by atoms with E-state index < -0.39 is 55.4 Å². The lowest BCUT2D eigenvalue weighted by Gasteiger charge is -2.44. The number of likely N-dealkylation sites (tertiary alicyclic amines) is 1. The number of nitrogens with zero attached hydrogens (tertiary/aromatic N) is 3. The number of carbonyl (C=O) groups excluding carboxylic acids is 2. The smallest absolute Gasteiger partial charge is 0.282 e. The van der Waals surface area contributed by atoms with Crippen molar-refractivity contribution in [2.75, 3.05) is 31.1 Å². The predicted molar refractivity (Wildman–Crippen MR) is 93.7 cm³/mol. The molecule has 0 aromatic carbocycles. The minimum Gasteiger partial charge on any atom is -0.357 e. The highest BCUT2D eigenvalue weighted by Crippen LogP contribution is 2.34. The van der Waals surface area contributed by atoms with Crippen LogP contribution in [0.3, 0.4) is 0 Å². The van der Waals surface area contributed by atoms with Gasteiger partial charge in [-0.1, -0.05) is 13.8 Å². The number of aromatic nitrogens is 1. The van der Waals surface area contributed by atoms with Crippen LogP contribution in [0.25, 0.3) is 0 Å². The molecule has 3 heterocycles. The van der Waals surface area contributed by atoms with Gasteiger partial charge in [-0.05, 0) is 25.0 Å². The molecule has 0 unspecified atom stereocenters. The van der Waals surface area contributed by atoms with E-state index in [1.807, 2.05) is 0 Å². The van der Waals surface area contributed by atoms with Crippen LogP contribution in [0.2, 0.25) is 0 Å². The first-order valence-corrected chi connectivity index (χ1v) is 9.10. The van der Waals surface area contributed by atoms with Crippen molar-refractivity contribution >= 4 is 17.5 Å². The summed E-state index contributed by atoms with van der Waals surface area (Å²) in [6.45, 7) is 0.951. The van der Waals surface area contributed by atoms with Crippen molar-refractivity contribution in [2.24, 2.45) is 0 Å². The zero-order valence-electron chi connectivity index (χ0n) is 15.6. The molecule has 2 aliphatic rings. The largest absolute Gasteiger partial charge is 0.357 e. The maximum absolute atomic E-state index is 13.2. The molecule has 154 valence electrons. The van der Waals surface area contributed by atoms with E-state index in [0.717, 1.165) is 4.90 Å². The van der Waals surface area contributed by atoms with Crippen LogP contribution in [0.15, 0.2) is 18.3 Å². The Balaban J connectivity index is 1.79. The Labute approximate surface area is 159 Å². The number of amides is 2. The van der Waals surface area contributed by atoms with E-state index in [-0.39, 0.29) is 24.2 Å². The Morgan fingerprint density at radius 2 is 1.68 bits per heavy atom. The molecule has 1 aromatic heterocycles. The van der Waals surface area contributed by atoms with Gasteiger partial charge in [0.15, 0.2) is 5.69 Å². The molecular formula is C18H22F4N4O2. The van der Waals surface area contributed by atoms with E-state index in [1.165, 1.54) is 23.2 Å². The molecule has 2 saturated heterocycles. The van der Waals surface area contributed by atoms with Crippen molar-refractivity contribution in [2.45, 2.75) is 44.1 Å². The molecule has 1 N–H and O–H groups in total. The summed E-state index contributed by atoms with van der Waals surface area (Å²) in [5, 5.41) is 2.63. The predicted octanol–water partition coefficient (Wildman–Crippen LogP) is 2.30. The summed E-state index contributed by atoms with van der Waals surface area (Å²) in [5.41, 5.74) is -1.19. The van der Waals surface area contributed by atoms with Gasteiger partial charge in [0.25, 0.3) is 17.8 Å². The Morgan fingerprint density at radius 1 is 1.11 bits per heavy atom. The fourth-order valence-electron chi connectivity index (χ4n) is 3.53. The normalized spacial score (nSPS) is 20.2. The second-order valence-corrected chi connectivity index (χ2v) is 7.34. The third-order valence-corrected chi connectivity index (χ3v) is 5.29. The molecular weight excluding hydrogens is 380 g/mol. The summed E-state index contributed by atoms with van der Waals surface area (Å²) < 4.78 is 52.8. The van der Waals surface area contributed by atoms with E-state index in [4.69, 9.17) is 0 Å². The first-order chi connectivity index (χ1) is 13.0. The fourth-order valence-corrected chi connectivity index (χ4v) is 3.53. The van der Waals surface area contributed by atoms with Gasteiger partial charge in [0.2, 0.25) is 5.91 Å². The van der Waals surface area contributed by atoms with Crippen molar-refractivity contribution in [1.29, 1.82) is 0 Å².